The lowest BCUT2D eigenvalue weighted by Gasteiger charge is -2.44. The first-order valence-electron chi connectivity index (χ1n) is 15.0. The van der Waals surface area contributed by atoms with Gasteiger partial charge in [0.05, 0.1) is 22.5 Å². The van der Waals surface area contributed by atoms with Crippen LogP contribution in [0.25, 0.3) is 5.57 Å². The van der Waals surface area contributed by atoms with Gasteiger partial charge in [0, 0.05) is 80.6 Å². The van der Waals surface area contributed by atoms with E-state index in [1.165, 1.54) is 12.1 Å². The Morgan fingerprint density at radius 3 is 2.39 bits per heavy atom. The van der Waals surface area contributed by atoms with Gasteiger partial charge in [-0.2, -0.15) is 13.2 Å². The van der Waals surface area contributed by atoms with Crippen LogP contribution in [0.15, 0.2) is 47.7 Å². The van der Waals surface area contributed by atoms with Gasteiger partial charge in [-0.15, -0.1) is 0 Å². The number of rotatable bonds is 7. The number of halogens is 4. The zero-order chi connectivity index (χ0) is 33.3. The molecule has 246 valence electrons. The van der Waals surface area contributed by atoms with Crippen molar-refractivity contribution in [2.24, 2.45) is 0 Å². The number of hydrogen-bond acceptors (Lipinski definition) is 8. The minimum Gasteiger partial charge on any atom is -0.367 e. The third-order valence-corrected chi connectivity index (χ3v) is 8.48. The van der Waals surface area contributed by atoms with Gasteiger partial charge < -0.3 is 25.0 Å². The summed E-state index contributed by atoms with van der Waals surface area (Å²) in [5, 5.41) is 2.62. The number of carbonyl (C=O) groups is 1. The highest BCUT2D eigenvalue weighted by Crippen LogP contribution is 2.37. The Hall–Kier alpha value is -4.30. The number of nitrogens with one attached hydrogen (secondary N) is 2. The summed E-state index contributed by atoms with van der Waals surface area (Å²) in [6.07, 6.45) is 1.81. The standard InChI is InChI=1S/C32H38F4N8O2/c1-19-15-44(16-20(2)42(19)5)28-11-26(33)23(9-27(28)40-30(46)24-14-37-29(45)10-25(24)32(34,35)36)22-7-6-8-43(18-22)31-38-12-21(13-39-31)17-41(3)4/h7,9-14,19-20H,6,8,15-18H2,1-5H3,(H,37,45)(H,40,46)/t19-,20?/m1/s1. The molecule has 2 aliphatic rings. The van der Waals surface area contributed by atoms with Crippen molar-refractivity contribution in [2.45, 2.75) is 45.1 Å². The van der Waals surface area contributed by atoms with E-state index in [-0.39, 0.29) is 29.9 Å². The molecule has 1 unspecified atom stereocenters. The minimum atomic E-state index is -4.94. The number of alkyl halides is 3. The predicted molar refractivity (Wildman–Crippen MR) is 170 cm³/mol. The van der Waals surface area contributed by atoms with Crippen molar-refractivity contribution in [1.29, 1.82) is 0 Å². The number of hydrogen-bond donors (Lipinski definition) is 2. The first-order chi connectivity index (χ1) is 21.7. The Kier molecular flexibility index (Phi) is 9.49. The molecule has 1 aromatic carbocycles. The molecule has 5 rings (SSSR count). The number of likely N-dealkylation sites (N-methyl/N-ethyl adjacent to an activating group) is 1. The average Bonchev–Trinajstić information content (AvgIpc) is 3.00. The monoisotopic (exact) mass is 642 g/mol. The molecule has 10 nitrogen and oxygen atoms in total. The molecule has 1 amide bonds. The second-order valence-corrected chi connectivity index (χ2v) is 12.3. The average molecular weight is 643 g/mol. The van der Waals surface area contributed by atoms with Gasteiger partial charge >= 0.3 is 6.18 Å². The van der Waals surface area contributed by atoms with E-state index in [2.05, 4.69) is 25.2 Å². The maximum absolute atomic E-state index is 16.0. The van der Waals surface area contributed by atoms with E-state index in [1.54, 1.807) is 12.4 Å². The molecule has 2 aliphatic heterocycles. The molecule has 0 bridgehead atoms. The van der Waals surface area contributed by atoms with Gasteiger partial charge in [-0.25, -0.2) is 14.4 Å². The number of benzene rings is 1. The van der Waals surface area contributed by atoms with Gasteiger partial charge in [0.25, 0.3) is 5.91 Å². The van der Waals surface area contributed by atoms with E-state index in [9.17, 15) is 22.8 Å². The molecule has 4 heterocycles. The van der Waals surface area contributed by atoms with Crippen LogP contribution in [0.1, 0.15) is 47.3 Å². The number of aromatic amines is 1. The van der Waals surface area contributed by atoms with Crippen LogP contribution in [-0.2, 0) is 12.7 Å². The Morgan fingerprint density at radius 2 is 1.76 bits per heavy atom. The second-order valence-electron chi connectivity index (χ2n) is 12.3. The number of pyridine rings is 1. The minimum absolute atomic E-state index is 0.0878. The van der Waals surface area contributed by atoms with E-state index in [0.29, 0.717) is 55.9 Å². The maximum atomic E-state index is 16.0. The molecule has 1 fully saturated rings. The Morgan fingerprint density at radius 1 is 1.09 bits per heavy atom. The van der Waals surface area contributed by atoms with Crippen LogP contribution in [0.5, 0.6) is 0 Å². The summed E-state index contributed by atoms with van der Waals surface area (Å²) < 4.78 is 57.5. The molecule has 0 saturated carbocycles. The largest absolute Gasteiger partial charge is 0.417 e. The van der Waals surface area contributed by atoms with E-state index in [4.69, 9.17) is 0 Å². The highest BCUT2D eigenvalue weighted by Gasteiger charge is 2.36. The molecule has 0 aliphatic carbocycles. The summed E-state index contributed by atoms with van der Waals surface area (Å²) >= 11 is 0. The molecule has 0 spiro atoms. The van der Waals surface area contributed by atoms with Crippen molar-refractivity contribution in [1.82, 2.24) is 24.8 Å². The number of piperazine rings is 1. The maximum Gasteiger partial charge on any atom is 0.417 e. The second kappa shape index (κ2) is 13.2. The van der Waals surface area contributed by atoms with Crippen LogP contribution in [0.3, 0.4) is 0 Å². The van der Waals surface area contributed by atoms with Gasteiger partial charge in [-0.05, 0) is 59.1 Å². The molecule has 0 radical (unpaired) electrons. The van der Waals surface area contributed by atoms with Crippen LogP contribution in [0.4, 0.5) is 34.9 Å². The number of nitrogens with zero attached hydrogens (tertiary/aromatic N) is 6. The smallest absolute Gasteiger partial charge is 0.367 e. The van der Waals surface area contributed by atoms with Crippen LogP contribution in [-0.4, -0.2) is 90.1 Å². The van der Waals surface area contributed by atoms with Gasteiger partial charge in [-0.3, -0.25) is 14.5 Å². The van der Waals surface area contributed by atoms with Crippen molar-refractivity contribution in [3.63, 3.8) is 0 Å². The van der Waals surface area contributed by atoms with Crippen LogP contribution in [0.2, 0.25) is 0 Å². The van der Waals surface area contributed by atoms with E-state index < -0.39 is 34.6 Å². The van der Waals surface area contributed by atoms with Gasteiger partial charge in [-0.1, -0.05) is 6.08 Å². The van der Waals surface area contributed by atoms with Gasteiger partial charge in [0.1, 0.15) is 5.82 Å². The predicted octanol–water partition coefficient (Wildman–Crippen LogP) is 4.46. The first-order valence-corrected chi connectivity index (χ1v) is 15.0. The fourth-order valence-electron chi connectivity index (χ4n) is 5.92. The zero-order valence-electron chi connectivity index (χ0n) is 26.5. The van der Waals surface area contributed by atoms with E-state index in [1.807, 2.05) is 55.8 Å². The normalized spacial score (nSPS) is 19.4. The quantitative estimate of drug-likeness (QED) is 0.365. The summed E-state index contributed by atoms with van der Waals surface area (Å²) in [6.45, 7) is 6.65. The molecular weight excluding hydrogens is 604 g/mol. The van der Waals surface area contributed by atoms with E-state index in [0.717, 1.165) is 11.8 Å². The summed E-state index contributed by atoms with van der Waals surface area (Å²) in [4.78, 5) is 44.3. The number of amides is 1. The number of aromatic nitrogens is 3. The Labute approximate surface area is 264 Å². The first kappa shape index (κ1) is 33.1. The van der Waals surface area contributed by atoms with Crippen molar-refractivity contribution in [3.05, 3.63) is 81.3 Å². The van der Waals surface area contributed by atoms with Crippen LogP contribution >= 0.6 is 0 Å². The Balaban J connectivity index is 1.51. The third kappa shape index (κ3) is 7.23. The zero-order valence-corrected chi connectivity index (χ0v) is 26.5. The lowest BCUT2D eigenvalue weighted by molar-refractivity contribution is -0.138. The number of H-pyrrole nitrogens is 1. The lowest BCUT2D eigenvalue weighted by atomic mass is 9.98. The van der Waals surface area contributed by atoms with Crippen LogP contribution in [0, 0.1) is 5.82 Å². The summed E-state index contributed by atoms with van der Waals surface area (Å²) in [6, 6.07) is 3.34. The summed E-state index contributed by atoms with van der Waals surface area (Å²) in [7, 11) is 5.90. The molecule has 2 N–H and O–H groups in total. The van der Waals surface area contributed by atoms with E-state index >= 15 is 4.39 Å². The fourth-order valence-corrected chi connectivity index (χ4v) is 5.92. The molecule has 3 aromatic rings. The fraction of sp³-hybridized carbons (Fsp3) is 0.438. The van der Waals surface area contributed by atoms with Gasteiger partial charge in [0.15, 0.2) is 0 Å². The molecule has 1 saturated heterocycles. The summed E-state index contributed by atoms with van der Waals surface area (Å²) in [5.41, 5.74) is -0.790. The Bertz CT molecular complexity index is 1660. The molecule has 2 atom stereocenters. The molecular formula is C32H38F4N8O2. The number of carbonyl (C=O) groups excluding carboxylic acids is 1. The highest BCUT2D eigenvalue weighted by atomic mass is 19.4. The number of anilines is 3. The van der Waals surface area contributed by atoms with Crippen molar-refractivity contribution in [3.8, 4) is 0 Å². The van der Waals surface area contributed by atoms with Crippen molar-refractivity contribution < 1.29 is 22.4 Å². The topological polar surface area (TPSA) is 101 Å². The van der Waals surface area contributed by atoms with Gasteiger partial charge in [0.2, 0.25) is 11.5 Å². The lowest BCUT2D eigenvalue weighted by Crippen LogP contribution is -2.55. The van der Waals surface area contributed by atoms with Crippen LogP contribution < -0.4 is 20.7 Å². The molecule has 46 heavy (non-hydrogen) atoms. The molecule has 2 aromatic heterocycles. The molecule has 14 heteroatoms. The highest BCUT2D eigenvalue weighted by molar-refractivity contribution is 6.07. The van der Waals surface area contributed by atoms with Crippen molar-refractivity contribution >= 4 is 28.8 Å². The summed E-state index contributed by atoms with van der Waals surface area (Å²) in [5.74, 6) is -1.11. The third-order valence-electron chi connectivity index (χ3n) is 8.48. The SMILES string of the molecule is CC1CN(c2cc(F)c(C3=CCCN(c4ncc(CN(C)C)cn4)C3)cc2NC(=O)c2c[nH]c(=O)cc2C(F)(F)F)C[C@@H](C)N1C. The van der Waals surface area contributed by atoms with Crippen molar-refractivity contribution in [2.75, 3.05) is 62.4 Å².